The molecule has 180 valence electrons. The molecule has 0 radical (unpaired) electrons. The molecule has 3 rings (SSSR count). The van der Waals surface area contributed by atoms with Gasteiger partial charge in [-0.05, 0) is 47.2 Å². The summed E-state index contributed by atoms with van der Waals surface area (Å²) in [5, 5.41) is 13.5. The SMILES string of the molecule is COC(=O)c1ccc(C(=O)OC)c(NC(=O)COC(=O)C(=Cc2ccccc2)n2nnnc2C)c1. The molecule has 35 heavy (non-hydrogen) atoms. The van der Waals surface area contributed by atoms with Gasteiger partial charge in [0.05, 0.1) is 31.0 Å². The third kappa shape index (κ3) is 6.13. The van der Waals surface area contributed by atoms with Gasteiger partial charge in [-0.3, -0.25) is 4.79 Å². The predicted octanol–water partition coefficient (Wildman–Crippen LogP) is 1.73. The normalized spacial score (nSPS) is 10.9. The number of amides is 1. The van der Waals surface area contributed by atoms with Gasteiger partial charge in [0.25, 0.3) is 5.91 Å². The first kappa shape index (κ1) is 24.8. The Morgan fingerprint density at radius 2 is 1.71 bits per heavy atom. The number of nitrogens with zero attached hydrogens (tertiary/aromatic N) is 4. The summed E-state index contributed by atoms with van der Waals surface area (Å²) in [6, 6.07) is 12.8. The van der Waals surface area contributed by atoms with Crippen molar-refractivity contribution in [2.75, 3.05) is 26.1 Å². The Hall–Kier alpha value is -4.87. The summed E-state index contributed by atoms with van der Waals surface area (Å²) >= 11 is 0. The van der Waals surface area contributed by atoms with Crippen LogP contribution in [-0.4, -0.2) is 64.8 Å². The van der Waals surface area contributed by atoms with Gasteiger partial charge in [0.15, 0.2) is 18.1 Å². The average Bonchev–Trinajstić information content (AvgIpc) is 3.30. The van der Waals surface area contributed by atoms with Gasteiger partial charge in [-0.25, -0.2) is 14.4 Å². The number of carbonyl (C=O) groups excluding carboxylic acids is 4. The molecular weight excluding hydrogens is 458 g/mol. The minimum Gasteiger partial charge on any atom is -0.465 e. The van der Waals surface area contributed by atoms with Gasteiger partial charge in [-0.15, -0.1) is 5.10 Å². The topological polar surface area (TPSA) is 152 Å². The summed E-state index contributed by atoms with van der Waals surface area (Å²) in [5.41, 5.74) is 0.733. The monoisotopic (exact) mass is 479 g/mol. The minimum absolute atomic E-state index is 0.00573. The van der Waals surface area contributed by atoms with E-state index in [0.717, 1.165) is 0 Å². The molecule has 1 aromatic heterocycles. The second-order valence-corrected chi connectivity index (χ2v) is 6.95. The average molecular weight is 479 g/mol. The van der Waals surface area contributed by atoms with Crippen LogP contribution in [0.5, 0.6) is 0 Å². The van der Waals surface area contributed by atoms with Crippen LogP contribution < -0.4 is 5.32 Å². The zero-order valence-corrected chi connectivity index (χ0v) is 19.0. The summed E-state index contributed by atoms with van der Waals surface area (Å²) in [6.45, 7) is 0.899. The molecule has 0 aliphatic carbocycles. The number of hydrogen-bond donors (Lipinski definition) is 1. The van der Waals surface area contributed by atoms with Gasteiger partial charge in [-0.2, -0.15) is 4.68 Å². The van der Waals surface area contributed by atoms with E-state index in [-0.39, 0.29) is 22.5 Å². The summed E-state index contributed by atoms with van der Waals surface area (Å²) < 4.78 is 15.7. The molecule has 1 N–H and O–H groups in total. The summed E-state index contributed by atoms with van der Waals surface area (Å²) in [7, 11) is 2.37. The Morgan fingerprint density at radius 3 is 2.34 bits per heavy atom. The fourth-order valence-corrected chi connectivity index (χ4v) is 2.94. The molecule has 3 aromatic rings. The lowest BCUT2D eigenvalue weighted by atomic mass is 10.1. The third-order valence-electron chi connectivity index (χ3n) is 4.62. The van der Waals surface area contributed by atoms with Crippen molar-refractivity contribution in [1.29, 1.82) is 0 Å². The molecule has 0 fully saturated rings. The van der Waals surface area contributed by atoms with Crippen LogP contribution in [0.3, 0.4) is 0 Å². The fourth-order valence-electron chi connectivity index (χ4n) is 2.94. The fraction of sp³-hybridized carbons (Fsp3) is 0.174. The highest BCUT2D eigenvalue weighted by Crippen LogP contribution is 2.20. The molecule has 2 aromatic carbocycles. The maximum absolute atomic E-state index is 12.8. The standard InChI is InChI=1S/C23H21N5O7/c1-14-25-26-27-28(14)19(11-15-7-5-4-6-8-15)23(32)35-13-20(29)24-18-12-16(21(30)33-2)9-10-17(18)22(31)34-3/h4-12H,13H2,1-3H3,(H,24,29). The van der Waals surface area contributed by atoms with Crippen LogP contribution in [0.25, 0.3) is 11.8 Å². The summed E-state index contributed by atoms with van der Waals surface area (Å²) in [5.74, 6) is -2.71. The van der Waals surface area contributed by atoms with E-state index in [0.29, 0.717) is 11.4 Å². The first-order valence-corrected chi connectivity index (χ1v) is 10.1. The molecule has 0 aliphatic rings. The number of rotatable bonds is 8. The number of aryl methyl sites for hydroxylation is 1. The number of nitrogens with one attached hydrogen (secondary N) is 1. The number of carbonyl (C=O) groups is 4. The van der Waals surface area contributed by atoms with Crippen molar-refractivity contribution >= 4 is 41.3 Å². The Kier molecular flexibility index (Phi) is 8.01. The number of methoxy groups -OCH3 is 2. The lowest BCUT2D eigenvalue weighted by molar-refractivity contribution is -0.141. The molecule has 1 amide bonds. The molecule has 1 heterocycles. The number of anilines is 1. The van der Waals surface area contributed by atoms with Crippen molar-refractivity contribution in [3.8, 4) is 0 Å². The van der Waals surface area contributed by atoms with Crippen LogP contribution in [0.4, 0.5) is 5.69 Å². The van der Waals surface area contributed by atoms with Crippen LogP contribution in [-0.2, 0) is 23.8 Å². The van der Waals surface area contributed by atoms with Crippen LogP contribution in [0, 0.1) is 6.92 Å². The van der Waals surface area contributed by atoms with E-state index < -0.39 is 30.4 Å². The van der Waals surface area contributed by atoms with Gasteiger partial charge in [-0.1, -0.05) is 30.3 Å². The molecule has 12 nitrogen and oxygen atoms in total. The highest BCUT2D eigenvalue weighted by molar-refractivity contribution is 6.16. The summed E-state index contributed by atoms with van der Waals surface area (Å²) in [4.78, 5) is 49.3. The van der Waals surface area contributed by atoms with Gasteiger partial charge >= 0.3 is 17.9 Å². The van der Waals surface area contributed by atoms with Crippen LogP contribution >= 0.6 is 0 Å². The lowest BCUT2D eigenvalue weighted by Crippen LogP contribution is -2.24. The van der Waals surface area contributed by atoms with Crippen molar-refractivity contribution in [3.63, 3.8) is 0 Å². The molecule has 12 heteroatoms. The van der Waals surface area contributed by atoms with Crippen LogP contribution in [0.2, 0.25) is 0 Å². The smallest absolute Gasteiger partial charge is 0.357 e. The molecular formula is C23H21N5O7. The lowest BCUT2D eigenvalue weighted by Gasteiger charge is -2.12. The minimum atomic E-state index is -0.865. The Balaban J connectivity index is 1.79. The van der Waals surface area contributed by atoms with E-state index in [4.69, 9.17) is 9.47 Å². The van der Waals surface area contributed by atoms with Crippen LogP contribution in [0.15, 0.2) is 48.5 Å². The highest BCUT2D eigenvalue weighted by atomic mass is 16.5. The molecule has 0 saturated heterocycles. The van der Waals surface area contributed by atoms with Crippen molar-refractivity contribution in [2.24, 2.45) is 0 Å². The maximum Gasteiger partial charge on any atom is 0.357 e. The molecule has 0 aliphatic heterocycles. The zero-order chi connectivity index (χ0) is 25.4. The highest BCUT2D eigenvalue weighted by Gasteiger charge is 2.21. The van der Waals surface area contributed by atoms with E-state index in [2.05, 4.69) is 25.6 Å². The largest absolute Gasteiger partial charge is 0.465 e. The number of tetrazole rings is 1. The van der Waals surface area contributed by atoms with E-state index in [1.165, 1.54) is 43.2 Å². The summed E-state index contributed by atoms with van der Waals surface area (Å²) in [6.07, 6.45) is 1.51. The first-order chi connectivity index (χ1) is 16.8. The second-order valence-electron chi connectivity index (χ2n) is 6.95. The Bertz CT molecular complexity index is 1280. The van der Waals surface area contributed by atoms with E-state index in [1.54, 1.807) is 31.2 Å². The van der Waals surface area contributed by atoms with Crippen LogP contribution in [0.1, 0.15) is 32.1 Å². The quantitative estimate of drug-likeness (QED) is 0.287. The number of esters is 3. The molecule has 0 saturated carbocycles. The van der Waals surface area contributed by atoms with Gasteiger partial charge in [0.1, 0.15) is 0 Å². The predicted molar refractivity (Wildman–Crippen MR) is 122 cm³/mol. The number of hydrogen-bond acceptors (Lipinski definition) is 10. The number of ether oxygens (including phenoxy) is 3. The van der Waals surface area contributed by atoms with Crippen molar-refractivity contribution in [1.82, 2.24) is 20.2 Å². The number of aromatic nitrogens is 4. The van der Waals surface area contributed by atoms with Gasteiger partial charge in [0.2, 0.25) is 0 Å². The van der Waals surface area contributed by atoms with Crippen molar-refractivity contribution < 1.29 is 33.4 Å². The number of benzene rings is 2. The second kappa shape index (κ2) is 11.3. The van der Waals surface area contributed by atoms with Gasteiger partial charge < -0.3 is 19.5 Å². The Labute approximate surface area is 199 Å². The van der Waals surface area contributed by atoms with Crippen molar-refractivity contribution in [2.45, 2.75) is 6.92 Å². The van der Waals surface area contributed by atoms with E-state index in [1.807, 2.05) is 6.07 Å². The molecule has 0 bridgehead atoms. The maximum atomic E-state index is 12.8. The van der Waals surface area contributed by atoms with E-state index >= 15 is 0 Å². The van der Waals surface area contributed by atoms with E-state index in [9.17, 15) is 19.2 Å². The molecule has 0 unspecified atom stereocenters. The molecule has 0 spiro atoms. The Morgan fingerprint density at radius 1 is 1.00 bits per heavy atom. The van der Waals surface area contributed by atoms with Gasteiger partial charge in [0, 0.05) is 0 Å². The molecule has 0 atom stereocenters. The zero-order valence-electron chi connectivity index (χ0n) is 19.0. The first-order valence-electron chi connectivity index (χ1n) is 10.1. The third-order valence-corrected chi connectivity index (χ3v) is 4.62. The van der Waals surface area contributed by atoms with Crippen molar-refractivity contribution in [3.05, 3.63) is 71.0 Å².